The van der Waals surface area contributed by atoms with Gasteiger partial charge in [-0.25, -0.2) is 0 Å². The molecule has 0 atom stereocenters. The minimum Gasteiger partial charge on any atom is -0.374 e. The molecule has 23 heavy (non-hydrogen) atoms. The Morgan fingerprint density at radius 2 is 1.74 bits per heavy atom. The minimum absolute atomic E-state index is 0.141. The summed E-state index contributed by atoms with van der Waals surface area (Å²) >= 11 is 1.11. The summed E-state index contributed by atoms with van der Waals surface area (Å²) in [5.74, 6) is -0.141. The van der Waals surface area contributed by atoms with E-state index in [1.54, 1.807) is 54.7 Å². The Morgan fingerprint density at radius 1 is 1.04 bits per heavy atom. The van der Waals surface area contributed by atoms with Crippen LogP contribution in [0.4, 0.5) is 0 Å². The number of allylic oxidation sites excluding steroid dienone is 2. The molecular weight excluding hydrogens is 332 g/mol. The molecule has 0 aliphatic heterocycles. The molecule has 5 nitrogen and oxygen atoms in total. The first-order valence-electron chi connectivity index (χ1n) is 6.82. The third-order valence-electron chi connectivity index (χ3n) is 3.40. The SMILES string of the molecule is CN(C)C1=C/C(=N/S(=O)(=O)c2cccs2)c2ccccc2C1=O. The van der Waals surface area contributed by atoms with Crippen molar-refractivity contribution in [1.82, 2.24) is 4.90 Å². The first kappa shape index (κ1) is 15.6. The molecular formula is C16H14N2O3S2. The monoisotopic (exact) mass is 346 g/mol. The van der Waals surface area contributed by atoms with Crippen molar-refractivity contribution < 1.29 is 13.2 Å². The van der Waals surface area contributed by atoms with Gasteiger partial charge < -0.3 is 4.90 Å². The van der Waals surface area contributed by atoms with Crippen LogP contribution >= 0.6 is 11.3 Å². The molecule has 1 aliphatic rings. The van der Waals surface area contributed by atoms with E-state index in [4.69, 9.17) is 0 Å². The van der Waals surface area contributed by atoms with Crippen molar-refractivity contribution in [3.63, 3.8) is 0 Å². The number of rotatable bonds is 3. The third kappa shape index (κ3) is 2.85. The summed E-state index contributed by atoms with van der Waals surface area (Å²) in [6.07, 6.45) is 1.52. The van der Waals surface area contributed by atoms with E-state index in [0.717, 1.165) is 11.3 Å². The second kappa shape index (κ2) is 5.75. The molecule has 0 radical (unpaired) electrons. The Bertz CT molecular complexity index is 924. The number of Topliss-reactive ketones (excluding diaryl/α,β-unsaturated/α-hetero) is 1. The lowest BCUT2D eigenvalue weighted by atomic mass is 9.92. The van der Waals surface area contributed by atoms with Crippen LogP contribution in [-0.2, 0) is 10.0 Å². The lowest BCUT2D eigenvalue weighted by Gasteiger charge is -2.22. The number of hydrogen-bond acceptors (Lipinski definition) is 5. The predicted octanol–water partition coefficient (Wildman–Crippen LogP) is 2.57. The van der Waals surface area contributed by atoms with Crippen LogP contribution in [0.5, 0.6) is 0 Å². The number of carbonyl (C=O) groups is 1. The molecule has 0 fully saturated rings. The van der Waals surface area contributed by atoms with Crippen molar-refractivity contribution in [2.45, 2.75) is 4.21 Å². The molecule has 0 saturated heterocycles. The maximum Gasteiger partial charge on any atom is 0.292 e. The molecule has 0 bridgehead atoms. The molecule has 2 aromatic rings. The van der Waals surface area contributed by atoms with Crippen molar-refractivity contribution in [1.29, 1.82) is 0 Å². The van der Waals surface area contributed by atoms with Gasteiger partial charge in [-0.05, 0) is 17.5 Å². The Morgan fingerprint density at radius 3 is 2.35 bits per heavy atom. The van der Waals surface area contributed by atoms with Crippen LogP contribution in [0.25, 0.3) is 0 Å². The molecule has 1 aliphatic carbocycles. The third-order valence-corrected chi connectivity index (χ3v) is 6.07. The number of benzene rings is 1. The van der Waals surface area contributed by atoms with Crippen molar-refractivity contribution in [2.24, 2.45) is 4.40 Å². The van der Waals surface area contributed by atoms with Gasteiger partial charge in [-0.2, -0.15) is 12.8 Å². The lowest BCUT2D eigenvalue weighted by molar-refractivity contribution is 0.100. The second-order valence-electron chi connectivity index (χ2n) is 5.18. The topological polar surface area (TPSA) is 66.8 Å². The molecule has 1 heterocycles. The largest absolute Gasteiger partial charge is 0.374 e. The van der Waals surface area contributed by atoms with E-state index in [1.807, 2.05) is 0 Å². The molecule has 0 unspecified atom stereocenters. The van der Waals surface area contributed by atoms with E-state index in [0.29, 0.717) is 16.8 Å². The van der Waals surface area contributed by atoms with Gasteiger partial charge in [-0.3, -0.25) is 4.79 Å². The van der Waals surface area contributed by atoms with E-state index < -0.39 is 10.0 Å². The van der Waals surface area contributed by atoms with Gasteiger partial charge in [0, 0.05) is 25.2 Å². The number of likely N-dealkylation sites (N-methyl/N-ethyl adjacent to an activating group) is 1. The summed E-state index contributed by atoms with van der Waals surface area (Å²) < 4.78 is 29.0. The van der Waals surface area contributed by atoms with Gasteiger partial charge in [0.05, 0.1) is 11.4 Å². The van der Waals surface area contributed by atoms with E-state index in [2.05, 4.69) is 4.40 Å². The highest BCUT2D eigenvalue weighted by atomic mass is 32.2. The van der Waals surface area contributed by atoms with Crippen molar-refractivity contribution in [3.8, 4) is 0 Å². The Kier molecular flexibility index (Phi) is 3.91. The first-order chi connectivity index (χ1) is 10.9. The van der Waals surface area contributed by atoms with Gasteiger partial charge in [0.15, 0.2) is 0 Å². The summed E-state index contributed by atoms with van der Waals surface area (Å²) in [7, 11) is -0.316. The van der Waals surface area contributed by atoms with Gasteiger partial charge in [0.25, 0.3) is 10.0 Å². The Hall–Kier alpha value is -2.25. The van der Waals surface area contributed by atoms with E-state index >= 15 is 0 Å². The second-order valence-corrected chi connectivity index (χ2v) is 7.96. The first-order valence-corrected chi connectivity index (χ1v) is 9.14. The highest BCUT2D eigenvalue weighted by Gasteiger charge is 2.27. The average Bonchev–Trinajstić information content (AvgIpc) is 3.05. The predicted molar refractivity (Wildman–Crippen MR) is 90.6 cm³/mol. The zero-order valence-electron chi connectivity index (χ0n) is 12.6. The molecule has 0 N–H and O–H groups in total. The van der Waals surface area contributed by atoms with Gasteiger partial charge in [-0.1, -0.05) is 30.3 Å². The molecule has 118 valence electrons. The quantitative estimate of drug-likeness (QED) is 0.857. The van der Waals surface area contributed by atoms with Crippen LogP contribution in [0.1, 0.15) is 15.9 Å². The van der Waals surface area contributed by atoms with E-state index in [-0.39, 0.29) is 15.7 Å². The fourth-order valence-electron chi connectivity index (χ4n) is 2.31. The standard InChI is InChI=1S/C16H14N2O3S2/c1-18(2)14-10-13(11-6-3-4-7-12(11)16(14)19)17-23(20,21)15-8-5-9-22-15/h3-10H,1-2H3/b17-13-. The van der Waals surface area contributed by atoms with Gasteiger partial charge in [-0.15, -0.1) is 11.3 Å². The number of fused-ring (bicyclic) bond motifs is 1. The zero-order valence-corrected chi connectivity index (χ0v) is 14.2. The van der Waals surface area contributed by atoms with Gasteiger partial charge in [0.2, 0.25) is 5.78 Å². The van der Waals surface area contributed by atoms with Crippen LogP contribution in [0.15, 0.2) is 62.2 Å². The van der Waals surface area contributed by atoms with Crippen LogP contribution < -0.4 is 0 Å². The number of carbonyl (C=O) groups excluding carboxylic acids is 1. The molecule has 7 heteroatoms. The average molecular weight is 346 g/mol. The van der Waals surface area contributed by atoms with Crippen LogP contribution in [0, 0.1) is 0 Å². The Labute approximate surface area is 138 Å². The van der Waals surface area contributed by atoms with Crippen LogP contribution in [0.2, 0.25) is 0 Å². The number of ketones is 1. The summed E-state index contributed by atoms with van der Waals surface area (Å²) in [5, 5.41) is 1.69. The molecule has 0 spiro atoms. The lowest BCUT2D eigenvalue weighted by Crippen LogP contribution is -2.26. The summed E-state index contributed by atoms with van der Waals surface area (Å²) in [6.45, 7) is 0. The normalized spacial score (nSPS) is 16.2. The molecule has 0 amide bonds. The van der Waals surface area contributed by atoms with E-state index in [1.165, 1.54) is 12.1 Å². The molecule has 1 aromatic carbocycles. The van der Waals surface area contributed by atoms with Gasteiger partial charge in [0.1, 0.15) is 4.21 Å². The zero-order chi connectivity index (χ0) is 16.6. The fourth-order valence-corrected chi connectivity index (χ4v) is 4.27. The Balaban J connectivity index is 2.21. The molecule has 3 rings (SSSR count). The number of thiophene rings is 1. The minimum atomic E-state index is -3.79. The number of hydrogen-bond donors (Lipinski definition) is 0. The molecule has 0 saturated carbocycles. The van der Waals surface area contributed by atoms with Crippen molar-refractivity contribution in [2.75, 3.05) is 14.1 Å². The number of nitrogens with zero attached hydrogens (tertiary/aromatic N) is 2. The molecule has 1 aromatic heterocycles. The highest BCUT2D eigenvalue weighted by molar-refractivity contribution is 7.92. The number of sulfonamides is 1. The summed E-state index contributed by atoms with van der Waals surface area (Å²) in [5.41, 5.74) is 1.67. The smallest absolute Gasteiger partial charge is 0.292 e. The van der Waals surface area contributed by atoms with Crippen LogP contribution in [-0.4, -0.2) is 38.9 Å². The van der Waals surface area contributed by atoms with Crippen molar-refractivity contribution in [3.05, 3.63) is 64.7 Å². The maximum atomic E-state index is 12.5. The fraction of sp³-hybridized carbons (Fsp3) is 0.125. The highest BCUT2D eigenvalue weighted by Crippen LogP contribution is 2.25. The van der Waals surface area contributed by atoms with Gasteiger partial charge >= 0.3 is 0 Å². The van der Waals surface area contributed by atoms with Crippen LogP contribution in [0.3, 0.4) is 0 Å². The maximum absolute atomic E-state index is 12.5. The van der Waals surface area contributed by atoms with Crippen molar-refractivity contribution >= 4 is 32.9 Å². The van der Waals surface area contributed by atoms with E-state index in [9.17, 15) is 13.2 Å². The summed E-state index contributed by atoms with van der Waals surface area (Å²) in [4.78, 5) is 14.1. The summed E-state index contributed by atoms with van der Waals surface area (Å²) in [6, 6.07) is 10.1.